The molecule has 0 aliphatic carbocycles. The van der Waals surface area contributed by atoms with Gasteiger partial charge in [-0.05, 0) is 48.4 Å². The molecule has 0 spiro atoms. The molecule has 182 valence electrons. The molecule has 1 aromatic carbocycles. The molecule has 5 rings (SSSR count). The SMILES string of the molecule is COCCNCCC(=O)Nc1sc2c(c1-c1nc3cc(-c4ccc(F)nc4)ccc3s1)CCNC2. The van der Waals surface area contributed by atoms with E-state index < -0.39 is 5.95 Å². The monoisotopic (exact) mass is 511 g/mol. The van der Waals surface area contributed by atoms with Crippen LogP contribution in [0.15, 0.2) is 36.5 Å². The number of thiazole rings is 1. The summed E-state index contributed by atoms with van der Waals surface area (Å²) in [6.07, 6.45) is 2.82. The van der Waals surface area contributed by atoms with Crippen LogP contribution in [-0.4, -0.2) is 49.2 Å². The van der Waals surface area contributed by atoms with Gasteiger partial charge in [-0.15, -0.1) is 22.7 Å². The molecule has 0 bridgehead atoms. The van der Waals surface area contributed by atoms with Gasteiger partial charge in [-0.25, -0.2) is 9.97 Å². The van der Waals surface area contributed by atoms with Crippen molar-refractivity contribution in [2.24, 2.45) is 0 Å². The van der Waals surface area contributed by atoms with Gasteiger partial charge in [0, 0.05) is 55.4 Å². The van der Waals surface area contributed by atoms with Gasteiger partial charge in [0.05, 0.1) is 16.8 Å². The standard InChI is InChI=1S/C25H26FN5O2S2/c1-33-11-10-27-9-7-22(32)31-25-23(17-6-8-28-14-20(17)35-25)24-30-18-12-15(2-4-19(18)34-24)16-3-5-21(26)29-13-16/h2-5,12-13,27-28H,6-11,14H2,1H3,(H,31,32). The molecule has 1 amide bonds. The van der Waals surface area contributed by atoms with Crippen LogP contribution in [0.4, 0.5) is 9.39 Å². The van der Waals surface area contributed by atoms with E-state index in [-0.39, 0.29) is 5.91 Å². The van der Waals surface area contributed by atoms with Crippen molar-refractivity contribution in [2.75, 3.05) is 38.7 Å². The average molecular weight is 512 g/mol. The highest BCUT2D eigenvalue weighted by Gasteiger charge is 2.25. The highest BCUT2D eigenvalue weighted by molar-refractivity contribution is 7.23. The molecule has 1 aliphatic heterocycles. The number of hydrogen-bond donors (Lipinski definition) is 3. The lowest BCUT2D eigenvalue weighted by Crippen LogP contribution is -2.24. The summed E-state index contributed by atoms with van der Waals surface area (Å²) < 4.78 is 19.3. The summed E-state index contributed by atoms with van der Waals surface area (Å²) in [5, 5.41) is 11.5. The van der Waals surface area contributed by atoms with Crippen LogP contribution in [0, 0.1) is 5.95 Å². The van der Waals surface area contributed by atoms with E-state index in [0.29, 0.717) is 19.6 Å². The van der Waals surface area contributed by atoms with Crippen molar-refractivity contribution in [3.8, 4) is 21.7 Å². The normalized spacial score (nSPS) is 13.2. The predicted octanol–water partition coefficient (Wildman–Crippen LogP) is 4.44. The molecule has 0 saturated carbocycles. The van der Waals surface area contributed by atoms with E-state index in [2.05, 4.69) is 20.9 Å². The van der Waals surface area contributed by atoms with Gasteiger partial charge in [-0.1, -0.05) is 6.07 Å². The number of pyridine rings is 1. The molecule has 0 radical (unpaired) electrons. The molecular formula is C25H26FN5O2S2. The number of benzene rings is 1. The van der Waals surface area contributed by atoms with Crippen molar-refractivity contribution in [2.45, 2.75) is 19.4 Å². The molecule has 0 unspecified atom stereocenters. The molecule has 35 heavy (non-hydrogen) atoms. The van der Waals surface area contributed by atoms with Gasteiger partial charge in [-0.3, -0.25) is 4.79 Å². The number of anilines is 1. The zero-order valence-corrected chi connectivity index (χ0v) is 21.0. The molecule has 0 fully saturated rings. The molecule has 3 N–H and O–H groups in total. The predicted molar refractivity (Wildman–Crippen MR) is 140 cm³/mol. The molecule has 0 atom stereocenters. The number of nitrogens with one attached hydrogen (secondary N) is 3. The van der Waals surface area contributed by atoms with E-state index in [4.69, 9.17) is 9.72 Å². The number of fused-ring (bicyclic) bond motifs is 2. The molecule has 1 aliphatic rings. The number of carbonyl (C=O) groups is 1. The Balaban J connectivity index is 1.43. The van der Waals surface area contributed by atoms with Crippen molar-refractivity contribution in [1.29, 1.82) is 0 Å². The van der Waals surface area contributed by atoms with E-state index >= 15 is 0 Å². The minimum absolute atomic E-state index is 0.0186. The lowest BCUT2D eigenvalue weighted by molar-refractivity contribution is -0.116. The number of methoxy groups -OCH3 is 1. The number of hydrogen-bond acceptors (Lipinski definition) is 8. The molecule has 10 heteroatoms. The Bertz CT molecular complexity index is 1340. The summed E-state index contributed by atoms with van der Waals surface area (Å²) in [5.41, 5.74) is 4.96. The highest BCUT2D eigenvalue weighted by atomic mass is 32.1. The van der Waals surface area contributed by atoms with E-state index in [1.54, 1.807) is 35.8 Å². The maximum atomic E-state index is 13.2. The van der Waals surface area contributed by atoms with Gasteiger partial charge in [0.25, 0.3) is 0 Å². The summed E-state index contributed by atoms with van der Waals surface area (Å²) in [6.45, 7) is 3.64. The Morgan fingerprint density at radius 2 is 2.09 bits per heavy atom. The van der Waals surface area contributed by atoms with Crippen LogP contribution >= 0.6 is 22.7 Å². The molecule has 0 saturated heterocycles. The fourth-order valence-electron chi connectivity index (χ4n) is 4.10. The van der Waals surface area contributed by atoms with Crippen LogP contribution in [0.25, 0.3) is 31.9 Å². The quantitative estimate of drug-likeness (QED) is 0.228. The Hall–Kier alpha value is -2.76. The molecule has 7 nitrogen and oxygen atoms in total. The van der Waals surface area contributed by atoms with Crippen molar-refractivity contribution >= 4 is 43.8 Å². The number of nitrogens with zero attached hydrogens (tertiary/aromatic N) is 2. The van der Waals surface area contributed by atoms with Crippen LogP contribution in [0.3, 0.4) is 0 Å². The average Bonchev–Trinajstić information content (AvgIpc) is 3.44. The number of thiophene rings is 1. The van der Waals surface area contributed by atoms with Crippen molar-refractivity contribution in [1.82, 2.24) is 20.6 Å². The van der Waals surface area contributed by atoms with Crippen molar-refractivity contribution < 1.29 is 13.9 Å². The van der Waals surface area contributed by atoms with Crippen LogP contribution < -0.4 is 16.0 Å². The van der Waals surface area contributed by atoms with Crippen LogP contribution in [0.2, 0.25) is 0 Å². The fraction of sp³-hybridized carbons (Fsp3) is 0.320. The second-order valence-corrected chi connectivity index (χ2v) is 10.4. The zero-order valence-electron chi connectivity index (χ0n) is 19.3. The summed E-state index contributed by atoms with van der Waals surface area (Å²) in [5.74, 6) is -0.516. The lowest BCUT2D eigenvalue weighted by Gasteiger charge is -2.13. The van der Waals surface area contributed by atoms with Crippen LogP contribution in [-0.2, 0) is 22.5 Å². The topological polar surface area (TPSA) is 88.2 Å². The van der Waals surface area contributed by atoms with E-state index in [1.807, 2.05) is 18.2 Å². The molecule has 4 aromatic rings. The number of carbonyl (C=O) groups excluding carboxylic acids is 1. The van der Waals surface area contributed by atoms with Crippen LogP contribution in [0.5, 0.6) is 0 Å². The fourth-order valence-corrected chi connectivity index (χ4v) is 6.42. The van der Waals surface area contributed by atoms with E-state index in [1.165, 1.54) is 22.7 Å². The first-order valence-corrected chi connectivity index (χ1v) is 13.1. The summed E-state index contributed by atoms with van der Waals surface area (Å²) >= 11 is 3.26. The largest absolute Gasteiger partial charge is 0.383 e. The number of rotatable bonds is 9. The van der Waals surface area contributed by atoms with Gasteiger partial charge >= 0.3 is 0 Å². The highest BCUT2D eigenvalue weighted by Crippen LogP contribution is 2.45. The summed E-state index contributed by atoms with van der Waals surface area (Å²) in [7, 11) is 1.66. The lowest BCUT2D eigenvalue weighted by atomic mass is 10.0. The van der Waals surface area contributed by atoms with Gasteiger partial charge < -0.3 is 20.7 Å². The minimum atomic E-state index is -0.497. The first-order valence-electron chi connectivity index (χ1n) is 11.5. The minimum Gasteiger partial charge on any atom is -0.383 e. The van der Waals surface area contributed by atoms with Gasteiger partial charge in [0.15, 0.2) is 0 Å². The van der Waals surface area contributed by atoms with Gasteiger partial charge in [0.1, 0.15) is 10.0 Å². The maximum Gasteiger partial charge on any atom is 0.226 e. The molecule has 3 aromatic heterocycles. The van der Waals surface area contributed by atoms with Crippen molar-refractivity contribution in [3.63, 3.8) is 0 Å². The Labute approximate surface area is 210 Å². The number of ether oxygens (including phenoxy) is 1. The van der Waals surface area contributed by atoms with E-state index in [0.717, 1.165) is 63.0 Å². The Morgan fingerprint density at radius 3 is 2.91 bits per heavy atom. The second-order valence-electron chi connectivity index (χ2n) is 8.25. The summed E-state index contributed by atoms with van der Waals surface area (Å²) in [6, 6.07) is 9.14. The molecular weight excluding hydrogens is 485 g/mol. The first kappa shape index (κ1) is 24.0. The van der Waals surface area contributed by atoms with Crippen LogP contribution in [0.1, 0.15) is 16.9 Å². The van der Waals surface area contributed by atoms with Crippen molar-refractivity contribution in [3.05, 3.63) is 52.9 Å². The Kier molecular flexibility index (Phi) is 7.45. The number of aromatic nitrogens is 2. The van der Waals surface area contributed by atoms with Gasteiger partial charge in [0.2, 0.25) is 11.9 Å². The van der Waals surface area contributed by atoms with E-state index in [9.17, 15) is 9.18 Å². The number of halogens is 1. The smallest absolute Gasteiger partial charge is 0.226 e. The third-order valence-corrected chi connectivity index (χ3v) is 8.06. The first-order chi connectivity index (χ1) is 17.1. The number of amides is 1. The summed E-state index contributed by atoms with van der Waals surface area (Å²) in [4.78, 5) is 22.7. The third-order valence-electron chi connectivity index (χ3n) is 5.85. The molecule has 4 heterocycles. The maximum absolute atomic E-state index is 13.2. The zero-order chi connectivity index (χ0) is 24.2. The Morgan fingerprint density at radius 1 is 1.20 bits per heavy atom. The second kappa shape index (κ2) is 10.9. The van der Waals surface area contributed by atoms with Gasteiger partial charge in [-0.2, -0.15) is 4.39 Å². The third kappa shape index (κ3) is 5.41.